The molecule has 0 saturated heterocycles. The van der Waals surface area contributed by atoms with Crippen LogP contribution in [-0.4, -0.2) is 23.3 Å². The molecule has 138 valence electrons. The molecular formula is C22H23N3O2. The first-order valence-electron chi connectivity index (χ1n) is 8.81. The Morgan fingerprint density at radius 3 is 2.30 bits per heavy atom. The van der Waals surface area contributed by atoms with Gasteiger partial charge in [0.15, 0.2) is 0 Å². The molecule has 0 aliphatic carbocycles. The number of anilines is 1. The largest absolute Gasteiger partial charge is 0.333 e. The van der Waals surface area contributed by atoms with Gasteiger partial charge in [0.25, 0.3) is 0 Å². The fourth-order valence-corrected chi connectivity index (χ4v) is 2.78. The number of benzene rings is 2. The number of nitriles is 1. The van der Waals surface area contributed by atoms with Crippen LogP contribution in [0.1, 0.15) is 43.5 Å². The van der Waals surface area contributed by atoms with Gasteiger partial charge < -0.3 is 10.2 Å². The standard InChI is InChI=1S/C22H23N3O2/c1-4-25(16(2)20-10-5-19(15-23)6-11-20)22(27)14-9-18-7-12-21(13-8-18)24-17(3)26/h5-14,16H,4H2,1-3H3,(H,24,26)/b14-9+. The second-order valence-corrected chi connectivity index (χ2v) is 6.17. The molecule has 1 unspecified atom stereocenters. The third kappa shape index (κ3) is 5.55. The van der Waals surface area contributed by atoms with E-state index in [2.05, 4.69) is 11.4 Å². The fraction of sp³-hybridized carbons (Fsp3) is 0.227. The highest BCUT2D eigenvalue weighted by Crippen LogP contribution is 2.21. The lowest BCUT2D eigenvalue weighted by Gasteiger charge is -2.27. The van der Waals surface area contributed by atoms with Crippen LogP contribution in [0.25, 0.3) is 6.08 Å². The summed E-state index contributed by atoms with van der Waals surface area (Å²) in [6.45, 7) is 5.94. The van der Waals surface area contributed by atoms with Crippen molar-refractivity contribution in [2.45, 2.75) is 26.8 Å². The molecule has 0 fully saturated rings. The summed E-state index contributed by atoms with van der Waals surface area (Å²) in [5.74, 6) is -0.204. The average Bonchev–Trinajstić information content (AvgIpc) is 2.67. The molecule has 1 atom stereocenters. The topological polar surface area (TPSA) is 73.2 Å². The van der Waals surface area contributed by atoms with Crippen LogP contribution in [0.15, 0.2) is 54.6 Å². The van der Waals surface area contributed by atoms with E-state index >= 15 is 0 Å². The van der Waals surface area contributed by atoms with Crippen LogP contribution in [0.3, 0.4) is 0 Å². The number of carbonyl (C=O) groups excluding carboxylic acids is 2. The fourth-order valence-electron chi connectivity index (χ4n) is 2.78. The lowest BCUT2D eigenvalue weighted by molar-refractivity contribution is -0.127. The second kappa shape index (κ2) is 9.35. The van der Waals surface area contributed by atoms with E-state index in [0.29, 0.717) is 12.1 Å². The summed E-state index contributed by atoms with van der Waals surface area (Å²) in [6.07, 6.45) is 3.31. The van der Waals surface area contributed by atoms with Crippen molar-refractivity contribution in [2.75, 3.05) is 11.9 Å². The number of hydrogen-bond donors (Lipinski definition) is 1. The van der Waals surface area contributed by atoms with E-state index in [-0.39, 0.29) is 17.9 Å². The van der Waals surface area contributed by atoms with E-state index in [4.69, 9.17) is 5.26 Å². The van der Waals surface area contributed by atoms with Crippen molar-refractivity contribution in [3.05, 3.63) is 71.3 Å². The first-order chi connectivity index (χ1) is 12.9. The summed E-state index contributed by atoms with van der Waals surface area (Å²) in [5, 5.41) is 11.6. The summed E-state index contributed by atoms with van der Waals surface area (Å²) in [4.78, 5) is 25.4. The van der Waals surface area contributed by atoms with Gasteiger partial charge in [-0.1, -0.05) is 24.3 Å². The van der Waals surface area contributed by atoms with Gasteiger partial charge in [-0.05, 0) is 55.3 Å². The zero-order valence-electron chi connectivity index (χ0n) is 15.8. The Kier molecular flexibility index (Phi) is 6.90. The number of rotatable bonds is 6. The van der Waals surface area contributed by atoms with Crippen LogP contribution in [-0.2, 0) is 9.59 Å². The highest BCUT2D eigenvalue weighted by atomic mass is 16.2. The maximum absolute atomic E-state index is 12.6. The maximum atomic E-state index is 12.6. The Hall–Kier alpha value is -3.39. The summed E-state index contributed by atoms with van der Waals surface area (Å²) in [7, 11) is 0. The molecule has 0 aromatic heterocycles. The van der Waals surface area contributed by atoms with Gasteiger partial charge in [-0.3, -0.25) is 9.59 Å². The summed E-state index contributed by atoms with van der Waals surface area (Å²) < 4.78 is 0. The number of carbonyl (C=O) groups is 2. The highest BCUT2D eigenvalue weighted by molar-refractivity contribution is 5.92. The molecule has 0 saturated carbocycles. The molecule has 0 aliphatic rings. The molecule has 0 heterocycles. The van der Waals surface area contributed by atoms with E-state index in [1.165, 1.54) is 6.92 Å². The number of amides is 2. The first-order valence-corrected chi connectivity index (χ1v) is 8.81. The van der Waals surface area contributed by atoms with Gasteiger partial charge in [0.1, 0.15) is 0 Å². The number of nitrogens with zero attached hydrogens (tertiary/aromatic N) is 2. The van der Waals surface area contributed by atoms with Crippen LogP contribution in [0, 0.1) is 11.3 Å². The molecule has 5 nitrogen and oxygen atoms in total. The quantitative estimate of drug-likeness (QED) is 0.786. The van der Waals surface area contributed by atoms with Gasteiger partial charge in [0.05, 0.1) is 17.7 Å². The molecule has 0 radical (unpaired) electrons. The highest BCUT2D eigenvalue weighted by Gasteiger charge is 2.17. The molecule has 2 aromatic rings. The summed E-state index contributed by atoms with van der Waals surface area (Å²) in [6, 6.07) is 16.6. The first kappa shape index (κ1) is 19.9. The smallest absolute Gasteiger partial charge is 0.247 e. The predicted molar refractivity (Wildman–Crippen MR) is 107 cm³/mol. The van der Waals surface area contributed by atoms with Crippen LogP contribution < -0.4 is 5.32 Å². The van der Waals surface area contributed by atoms with Gasteiger partial charge >= 0.3 is 0 Å². The van der Waals surface area contributed by atoms with Crippen molar-refractivity contribution >= 4 is 23.6 Å². The molecule has 5 heteroatoms. The van der Waals surface area contributed by atoms with E-state index in [0.717, 1.165) is 16.8 Å². The SMILES string of the molecule is CCN(C(=O)/C=C/c1ccc(NC(C)=O)cc1)C(C)c1ccc(C#N)cc1. The van der Waals surface area contributed by atoms with Crippen molar-refractivity contribution in [1.82, 2.24) is 4.90 Å². The molecule has 0 aliphatic heterocycles. The van der Waals surface area contributed by atoms with Gasteiger partial charge in [-0.25, -0.2) is 0 Å². The molecule has 2 amide bonds. The van der Waals surface area contributed by atoms with Crippen molar-refractivity contribution in [3.8, 4) is 6.07 Å². The third-order valence-corrected chi connectivity index (χ3v) is 4.26. The molecule has 1 N–H and O–H groups in total. The Morgan fingerprint density at radius 2 is 1.78 bits per heavy atom. The molecule has 0 spiro atoms. The van der Waals surface area contributed by atoms with Crippen molar-refractivity contribution in [3.63, 3.8) is 0 Å². The van der Waals surface area contributed by atoms with Gasteiger partial charge in [-0.15, -0.1) is 0 Å². The lowest BCUT2D eigenvalue weighted by Crippen LogP contribution is -2.32. The lowest BCUT2D eigenvalue weighted by atomic mass is 10.0. The zero-order chi connectivity index (χ0) is 19.8. The molecule has 2 rings (SSSR count). The van der Waals surface area contributed by atoms with Crippen LogP contribution >= 0.6 is 0 Å². The van der Waals surface area contributed by atoms with Crippen LogP contribution in [0.5, 0.6) is 0 Å². The Bertz CT molecular complexity index is 862. The summed E-state index contributed by atoms with van der Waals surface area (Å²) >= 11 is 0. The van der Waals surface area contributed by atoms with E-state index < -0.39 is 0 Å². The Labute approximate surface area is 159 Å². The monoisotopic (exact) mass is 361 g/mol. The molecule has 2 aromatic carbocycles. The van der Waals surface area contributed by atoms with Crippen molar-refractivity contribution < 1.29 is 9.59 Å². The van der Waals surface area contributed by atoms with Crippen molar-refractivity contribution in [2.24, 2.45) is 0 Å². The minimum absolute atomic E-state index is 0.0831. The predicted octanol–water partition coefficient (Wildman–Crippen LogP) is 4.14. The van der Waals surface area contributed by atoms with E-state index in [9.17, 15) is 9.59 Å². The molecule has 27 heavy (non-hydrogen) atoms. The zero-order valence-corrected chi connectivity index (χ0v) is 15.8. The van der Waals surface area contributed by atoms with Crippen molar-refractivity contribution in [1.29, 1.82) is 5.26 Å². The Balaban J connectivity index is 2.07. The third-order valence-electron chi connectivity index (χ3n) is 4.26. The number of hydrogen-bond acceptors (Lipinski definition) is 3. The average molecular weight is 361 g/mol. The van der Waals surface area contributed by atoms with Gasteiger partial charge in [0.2, 0.25) is 11.8 Å². The van der Waals surface area contributed by atoms with Crippen LogP contribution in [0.2, 0.25) is 0 Å². The van der Waals surface area contributed by atoms with Gasteiger partial charge in [0, 0.05) is 25.2 Å². The van der Waals surface area contributed by atoms with Gasteiger partial charge in [-0.2, -0.15) is 5.26 Å². The normalized spacial score (nSPS) is 11.6. The molecular weight excluding hydrogens is 338 g/mol. The van der Waals surface area contributed by atoms with E-state index in [1.807, 2.05) is 38.1 Å². The second-order valence-electron chi connectivity index (χ2n) is 6.17. The minimum atomic E-state index is -0.121. The number of nitrogens with one attached hydrogen (secondary N) is 1. The Morgan fingerprint density at radius 1 is 1.15 bits per heavy atom. The minimum Gasteiger partial charge on any atom is -0.333 e. The molecule has 0 bridgehead atoms. The van der Waals surface area contributed by atoms with Crippen LogP contribution in [0.4, 0.5) is 5.69 Å². The number of likely N-dealkylation sites (N-methyl/N-ethyl adjacent to an activating group) is 1. The summed E-state index contributed by atoms with van der Waals surface area (Å²) in [5.41, 5.74) is 3.18. The maximum Gasteiger partial charge on any atom is 0.247 e. The van der Waals surface area contributed by atoms with E-state index in [1.54, 1.807) is 41.3 Å².